The number of nitrogens with zero attached hydrogens (tertiary/aromatic N) is 7. The minimum atomic E-state index is -1.08. The lowest BCUT2D eigenvalue weighted by Gasteiger charge is -2.46. The Morgan fingerprint density at radius 3 is 2.25 bits per heavy atom. The maximum atomic E-state index is 15.3. The summed E-state index contributed by atoms with van der Waals surface area (Å²) in [4.78, 5) is 64.7. The van der Waals surface area contributed by atoms with Crippen molar-refractivity contribution in [1.82, 2.24) is 34.9 Å². The first kappa shape index (κ1) is 38.0. The van der Waals surface area contributed by atoms with Gasteiger partial charge in [0.15, 0.2) is 5.65 Å². The molecule has 4 aliphatic heterocycles. The van der Waals surface area contributed by atoms with E-state index < -0.39 is 35.5 Å². The number of aromatic nitrogens is 4. The first-order chi connectivity index (χ1) is 29.2. The number of rotatable bonds is 11. The Morgan fingerprint density at radius 1 is 0.817 bits per heavy atom. The molecule has 15 heteroatoms. The van der Waals surface area contributed by atoms with Crippen molar-refractivity contribution in [3.05, 3.63) is 90.0 Å². The topological polar surface area (TPSA) is 169 Å². The van der Waals surface area contributed by atoms with E-state index in [0.717, 1.165) is 89.4 Å². The summed E-state index contributed by atoms with van der Waals surface area (Å²) in [6.45, 7) is 3.41. The number of nitrogen functional groups attached to an aromatic ring is 1. The van der Waals surface area contributed by atoms with Crippen LogP contribution in [-0.4, -0.2) is 91.4 Å². The highest BCUT2D eigenvalue weighted by molar-refractivity contribution is 6.23. The van der Waals surface area contributed by atoms with Crippen LogP contribution in [0.2, 0.25) is 0 Å². The van der Waals surface area contributed by atoms with E-state index in [4.69, 9.17) is 15.6 Å². The lowest BCUT2D eigenvalue weighted by atomic mass is 9.75. The third-order valence-electron chi connectivity index (χ3n) is 13.2. The van der Waals surface area contributed by atoms with Gasteiger partial charge in [0.2, 0.25) is 11.8 Å². The van der Waals surface area contributed by atoms with Gasteiger partial charge in [-0.25, -0.2) is 19.0 Å². The van der Waals surface area contributed by atoms with Crippen LogP contribution >= 0.6 is 0 Å². The Labute approximate surface area is 345 Å². The number of likely N-dealkylation sites (tertiary alicyclic amines) is 1. The molecule has 14 nitrogen and oxygen atoms in total. The molecule has 60 heavy (non-hydrogen) atoms. The first-order valence-electron chi connectivity index (χ1n) is 21.0. The first-order valence-corrected chi connectivity index (χ1v) is 21.0. The Bertz CT molecular complexity index is 2490. The molecule has 2 aromatic heterocycles. The van der Waals surface area contributed by atoms with Gasteiger partial charge >= 0.3 is 0 Å². The van der Waals surface area contributed by atoms with Gasteiger partial charge in [0.25, 0.3) is 11.8 Å². The lowest BCUT2D eigenvalue weighted by molar-refractivity contribution is -0.136. The minimum Gasteiger partial charge on any atom is -0.457 e. The number of nitrogens with two attached hydrogens (primary N) is 1. The van der Waals surface area contributed by atoms with Gasteiger partial charge in [-0.05, 0) is 98.9 Å². The number of para-hydroxylation sites is 1. The molecule has 308 valence electrons. The summed E-state index contributed by atoms with van der Waals surface area (Å²) in [6.07, 6.45) is 9.38. The van der Waals surface area contributed by atoms with E-state index in [9.17, 15) is 19.2 Å². The number of piperidine rings is 2. The van der Waals surface area contributed by atoms with E-state index in [1.807, 2.05) is 59.5 Å². The molecule has 6 heterocycles. The van der Waals surface area contributed by atoms with Gasteiger partial charge in [-0.3, -0.25) is 29.4 Å². The van der Waals surface area contributed by atoms with Crippen molar-refractivity contribution in [3.8, 4) is 22.8 Å². The van der Waals surface area contributed by atoms with Crippen LogP contribution in [0.3, 0.4) is 0 Å². The highest BCUT2D eigenvalue weighted by atomic mass is 19.1. The van der Waals surface area contributed by atoms with Crippen LogP contribution in [0.1, 0.15) is 84.5 Å². The van der Waals surface area contributed by atoms with Crippen LogP contribution in [0.15, 0.2) is 73.1 Å². The van der Waals surface area contributed by atoms with Crippen molar-refractivity contribution >= 4 is 46.2 Å². The summed E-state index contributed by atoms with van der Waals surface area (Å²) in [6, 6.07) is 19.9. The zero-order valence-corrected chi connectivity index (χ0v) is 33.1. The van der Waals surface area contributed by atoms with E-state index in [1.165, 1.54) is 31.7 Å². The number of imide groups is 2. The fraction of sp³-hybridized carbons (Fsp3) is 0.400. The molecule has 4 amide bonds. The summed E-state index contributed by atoms with van der Waals surface area (Å²) in [5.74, 6) is 0.0938. The van der Waals surface area contributed by atoms with E-state index in [2.05, 4.69) is 24.9 Å². The number of hydrogen-bond donors (Lipinski definition) is 2. The van der Waals surface area contributed by atoms with Gasteiger partial charge < -0.3 is 20.3 Å². The van der Waals surface area contributed by atoms with Crippen molar-refractivity contribution < 1.29 is 28.3 Å². The number of nitrogens with one attached hydrogen (secondary N) is 1. The smallest absolute Gasteiger partial charge is 0.262 e. The molecule has 1 saturated carbocycles. The summed E-state index contributed by atoms with van der Waals surface area (Å²) in [7, 11) is 0. The van der Waals surface area contributed by atoms with Crippen molar-refractivity contribution in [2.45, 2.75) is 75.9 Å². The number of hydrogen-bond acceptors (Lipinski definition) is 11. The Morgan fingerprint density at radius 2 is 1.52 bits per heavy atom. The summed E-state index contributed by atoms with van der Waals surface area (Å²) < 4.78 is 23.4. The molecular weight excluding hydrogens is 766 g/mol. The fourth-order valence-electron chi connectivity index (χ4n) is 9.85. The third-order valence-corrected chi connectivity index (χ3v) is 13.2. The Kier molecular flexibility index (Phi) is 9.77. The predicted octanol–water partition coefficient (Wildman–Crippen LogP) is 6.13. The van der Waals surface area contributed by atoms with Crippen LogP contribution in [0.4, 0.5) is 15.9 Å². The molecule has 10 rings (SSSR count). The fourth-order valence-corrected chi connectivity index (χ4v) is 9.85. The Hall–Kier alpha value is -6.22. The normalized spacial score (nSPS) is 22.5. The van der Waals surface area contributed by atoms with Crippen LogP contribution in [0, 0.1) is 17.7 Å². The third kappa shape index (κ3) is 6.93. The molecule has 3 saturated heterocycles. The quantitative estimate of drug-likeness (QED) is 0.147. The highest BCUT2D eigenvalue weighted by Gasteiger charge is 2.46. The van der Waals surface area contributed by atoms with Crippen molar-refractivity contribution in [1.29, 1.82) is 0 Å². The minimum absolute atomic E-state index is 0.0316. The second-order valence-corrected chi connectivity index (χ2v) is 16.9. The zero-order chi connectivity index (χ0) is 41.1. The molecule has 0 radical (unpaired) electrons. The zero-order valence-electron chi connectivity index (χ0n) is 33.1. The summed E-state index contributed by atoms with van der Waals surface area (Å²) in [5, 5.41) is 8.07. The molecular formula is C45H46FN9O5. The lowest BCUT2D eigenvalue weighted by Crippen LogP contribution is -2.54. The number of fused-ring (bicyclic) bond motifs is 2. The molecule has 1 aliphatic carbocycles. The van der Waals surface area contributed by atoms with E-state index >= 15 is 4.39 Å². The average molecular weight is 812 g/mol. The summed E-state index contributed by atoms with van der Waals surface area (Å²) in [5.41, 5.74) is 9.27. The molecule has 0 spiro atoms. The summed E-state index contributed by atoms with van der Waals surface area (Å²) >= 11 is 0. The number of amides is 4. The molecule has 3 aromatic carbocycles. The van der Waals surface area contributed by atoms with Gasteiger partial charge in [-0.1, -0.05) is 31.0 Å². The molecule has 1 unspecified atom stereocenters. The molecule has 1 atom stereocenters. The second-order valence-electron chi connectivity index (χ2n) is 16.9. The molecule has 4 fully saturated rings. The molecule has 0 bridgehead atoms. The monoisotopic (exact) mass is 811 g/mol. The van der Waals surface area contributed by atoms with Gasteiger partial charge in [-0.15, -0.1) is 0 Å². The molecule has 5 aromatic rings. The average Bonchev–Trinajstić information content (AvgIpc) is 3.72. The number of ether oxygens (including phenoxy) is 1. The van der Waals surface area contributed by atoms with Gasteiger partial charge in [0.1, 0.15) is 41.2 Å². The largest absolute Gasteiger partial charge is 0.457 e. The van der Waals surface area contributed by atoms with Crippen molar-refractivity contribution in [3.63, 3.8) is 0 Å². The maximum Gasteiger partial charge on any atom is 0.262 e. The maximum absolute atomic E-state index is 15.3. The van der Waals surface area contributed by atoms with E-state index in [0.29, 0.717) is 36.6 Å². The van der Waals surface area contributed by atoms with E-state index in [-0.39, 0.29) is 30.0 Å². The second kappa shape index (κ2) is 15.4. The van der Waals surface area contributed by atoms with Crippen LogP contribution < -0.4 is 20.7 Å². The number of carbonyl (C=O) groups is 4. The van der Waals surface area contributed by atoms with Crippen LogP contribution in [0.25, 0.3) is 22.3 Å². The van der Waals surface area contributed by atoms with Crippen LogP contribution in [0.5, 0.6) is 11.5 Å². The SMILES string of the molecule is Nc1ncnc2c1c(-c1ccc(Oc3ccccc3)cc1)nn2C1CCN(C2CC(CCCC3CN(c4cc5c(cc4F)C(=O)N(C4CCC(=O)NC4=O)C5=O)C3)C2)CC1. The molecule has 5 aliphatic rings. The van der Waals surface area contributed by atoms with Gasteiger partial charge in [0.05, 0.1) is 28.2 Å². The van der Waals surface area contributed by atoms with E-state index in [1.54, 1.807) is 0 Å². The highest BCUT2D eigenvalue weighted by Crippen LogP contribution is 2.41. The molecule has 3 N–H and O–H groups in total. The van der Waals surface area contributed by atoms with Gasteiger partial charge in [0, 0.05) is 44.2 Å². The number of carbonyl (C=O) groups excluding carboxylic acids is 4. The Balaban J connectivity index is 0.684. The number of benzene rings is 3. The van der Waals surface area contributed by atoms with Crippen LogP contribution in [-0.2, 0) is 9.59 Å². The standard InChI is InChI=1S/C45H46FN9O5/c46-35-21-33-34(45(59)54(44(33)58)36-13-14-38(56)50-43(36)57)22-37(35)53-23-27(24-53)6-4-5-26-19-30(20-26)52-17-15-29(16-18-52)55-42-39(41(47)48-25-49-42)40(51-55)28-9-11-32(12-10-28)60-31-7-2-1-3-8-31/h1-3,7-12,21-22,25-27,29-30,36H,4-6,13-20,23-24H2,(H2,47,48,49)(H,50,56,57). The van der Waals surface area contributed by atoms with Gasteiger partial charge in [-0.2, -0.15) is 5.10 Å². The van der Waals surface area contributed by atoms with Crippen molar-refractivity contribution in [2.75, 3.05) is 36.8 Å². The number of anilines is 2. The predicted molar refractivity (Wildman–Crippen MR) is 221 cm³/mol. The number of halogens is 1. The van der Waals surface area contributed by atoms with Crippen molar-refractivity contribution in [2.24, 2.45) is 11.8 Å².